The molecular formula is C28H46O2. The maximum atomic E-state index is 12.1. The summed E-state index contributed by atoms with van der Waals surface area (Å²) in [6.45, 7) is 14.7. The van der Waals surface area contributed by atoms with Gasteiger partial charge in [-0.3, -0.25) is 4.79 Å². The zero-order chi connectivity index (χ0) is 21.8. The van der Waals surface area contributed by atoms with Crippen molar-refractivity contribution >= 4 is 5.78 Å². The van der Waals surface area contributed by atoms with Crippen molar-refractivity contribution in [3.8, 4) is 0 Å². The molecule has 0 radical (unpaired) electrons. The molecule has 0 saturated heterocycles. The highest BCUT2D eigenvalue weighted by Crippen LogP contribution is 2.67. The first kappa shape index (κ1) is 22.6. The van der Waals surface area contributed by atoms with Gasteiger partial charge in [0.15, 0.2) is 5.78 Å². The molecule has 0 amide bonds. The molecular weight excluding hydrogens is 368 g/mol. The van der Waals surface area contributed by atoms with E-state index in [1.54, 1.807) is 0 Å². The third kappa shape index (κ3) is 3.54. The van der Waals surface area contributed by atoms with Crippen LogP contribution in [0.5, 0.6) is 0 Å². The Kier molecular flexibility index (Phi) is 6.06. The van der Waals surface area contributed by atoms with Crippen molar-refractivity contribution in [2.24, 2.45) is 52.3 Å². The summed E-state index contributed by atoms with van der Waals surface area (Å²) >= 11 is 0. The molecule has 3 saturated carbocycles. The van der Waals surface area contributed by atoms with E-state index in [4.69, 9.17) is 0 Å². The minimum Gasteiger partial charge on any atom is -0.389 e. The third-order valence-electron chi connectivity index (χ3n) is 11.0. The van der Waals surface area contributed by atoms with E-state index in [0.29, 0.717) is 23.7 Å². The van der Waals surface area contributed by atoms with Crippen LogP contribution in [0.4, 0.5) is 0 Å². The fourth-order valence-corrected chi connectivity index (χ4v) is 8.64. The Morgan fingerprint density at radius 3 is 2.47 bits per heavy atom. The van der Waals surface area contributed by atoms with Crippen molar-refractivity contribution in [3.63, 3.8) is 0 Å². The van der Waals surface area contributed by atoms with Crippen LogP contribution >= 0.6 is 0 Å². The second-order valence-electron chi connectivity index (χ2n) is 12.6. The topological polar surface area (TPSA) is 37.3 Å². The lowest BCUT2D eigenvalue weighted by Crippen LogP contribution is -2.54. The summed E-state index contributed by atoms with van der Waals surface area (Å²) in [4.78, 5) is 12.1. The molecule has 0 aromatic rings. The number of carbonyl (C=O) groups excluding carboxylic acids is 1. The standard InChI is InChI=1S/C28H46O2/c1-17(2)18(3)7-8-19(4)22-9-10-23-21-16-26(30)25-15-20(29)11-13-28(25,6)24(21)12-14-27(22,23)5/h15,17-19,21-24,26,30H,7-14,16H2,1-6H3/t18-,19-,21+,22-,23+,24+,26-,27-,28-/m1/s1. The van der Waals surface area contributed by atoms with Crippen molar-refractivity contribution in [3.05, 3.63) is 11.6 Å². The third-order valence-corrected chi connectivity index (χ3v) is 11.0. The highest BCUT2D eigenvalue weighted by molar-refractivity contribution is 5.91. The molecule has 0 heterocycles. The van der Waals surface area contributed by atoms with Gasteiger partial charge in [0.25, 0.3) is 0 Å². The van der Waals surface area contributed by atoms with E-state index in [1.165, 1.54) is 38.5 Å². The van der Waals surface area contributed by atoms with Gasteiger partial charge in [0.2, 0.25) is 0 Å². The molecule has 30 heavy (non-hydrogen) atoms. The maximum Gasteiger partial charge on any atom is 0.155 e. The Balaban J connectivity index is 1.52. The molecule has 0 bridgehead atoms. The van der Waals surface area contributed by atoms with Gasteiger partial charge in [-0.1, -0.05) is 54.4 Å². The summed E-state index contributed by atoms with van der Waals surface area (Å²) in [5.41, 5.74) is 1.58. The normalized spacial score (nSPS) is 45.4. The van der Waals surface area contributed by atoms with E-state index < -0.39 is 6.10 Å². The molecule has 0 aromatic heterocycles. The fraction of sp³-hybridized carbons (Fsp3) is 0.893. The Morgan fingerprint density at radius 2 is 1.77 bits per heavy atom. The number of aliphatic hydroxyl groups is 1. The lowest BCUT2D eigenvalue weighted by molar-refractivity contribution is -0.119. The van der Waals surface area contributed by atoms with Crippen molar-refractivity contribution in [1.29, 1.82) is 0 Å². The summed E-state index contributed by atoms with van der Waals surface area (Å²) in [5.74, 6) is 5.55. The Hall–Kier alpha value is -0.630. The first-order chi connectivity index (χ1) is 14.1. The lowest BCUT2D eigenvalue weighted by atomic mass is 9.46. The molecule has 1 N–H and O–H groups in total. The Labute approximate surface area is 185 Å². The van der Waals surface area contributed by atoms with E-state index in [2.05, 4.69) is 41.5 Å². The molecule has 4 aliphatic carbocycles. The van der Waals surface area contributed by atoms with Crippen molar-refractivity contribution in [2.45, 2.75) is 105 Å². The quantitative estimate of drug-likeness (QED) is 0.536. The molecule has 0 unspecified atom stereocenters. The molecule has 2 heteroatoms. The average molecular weight is 415 g/mol. The Bertz CT molecular complexity index is 693. The number of hydrogen-bond donors (Lipinski definition) is 1. The van der Waals surface area contributed by atoms with E-state index in [1.807, 2.05) is 6.08 Å². The monoisotopic (exact) mass is 414 g/mol. The Morgan fingerprint density at radius 1 is 1.03 bits per heavy atom. The van der Waals surface area contributed by atoms with Gasteiger partial charge < -0.3 is 5.11 Å². The van der Waals surface area contributed by atoms with Gasteiger partial charge in [-0.25, -0.2) is 0 Å². The second-order valence-corrected chi connectivity index (χ2v) is 12.6. The van der Waals surface area contributed by atoms with Crippen molar-refractivity contribution in [1.82, 2.24) is 0 Å². The predicted molar refractivity (Wildman–Crippen MR) is 124 cm³/mol. The van der Waals surface area contributed by atoms with Crippen LogP contribution in [0.1, 0.15) is 99.3 Å². The van der Waals surface area contributed by atoms with Gasteiger partial charge >= 0.3 is 0 Å². The van der Waals surface area contributed by atoms with Crippen LogP contribution in [0, 0.1) is 52.3 Å². The largest absolute Gasteiger partial charge is 0.389 e. The lowest BCUT2D eigenvalue weighted by Gasteiger charge is -2.59. The van der Waals surface area contributed by atoms with Crippen molar-refractivity contribution < 1.29 is 9.90 Å². The highest BCUT2D eigenvalue weighted by Gasteiger charge is 2.60. The number of rotatable bonds is 5. The van der Waals surface area contributed by atoms with E-state index >= 15 is 0 Å². The number of aliphatic hydroxyl groups excluding tert-OH is 1. The molecule has 4 aliphatic rings. The van der Waals surface area contributed by atoms with Crippen LogP contribution in [-0.2, 0) is 4.79 Å². The molecule has 0 aromatic carbocycles. The zero-order valence-electron chi connectivity index (χ0n) is 20.4. The van der Waals surface area contributed by atoms with Crippen LogP contribution in [-0.4, -0.2) is 17.0 Å². The molecule has 0 aliphatic heterocycles. The molecule has 2 nitrogen and oxygen atoms in total. The smallest absolute Gasteiger partial charge is 0.155 e. The minimum absolute atomic E-state index is 0.0496. The van der Waals surface area contributed by atoms with Gasteiger partial charge in [0.05, 0.1) is 6.10 Å². The molecule has 4 rings (SSSR count). The van der Waals surface area contributed by atoms with E-state index in [9.17, 15) is 9.90 Å². The number of carbonyl (C=O) groups is 1. The maximum absolute atomic E-state index is 12.1. The van der Waals surface area contributed by atoms with Crippen LogP contribution in [0.2, 0.25) is 0 Å². The van der Waals surface area contributed by atoms with Crippen LogP contribution in [0.25, 0.3) is 0 Å². The van der Waals surface area contributed by atoms with Crippen molar-refractivity contribution in [2.75, 3.05) is 0 Å². The average Bonchev–Trinajstić information content (AvgIpc) is 3.04. The van der Waals surface area contributed by atoms with Crippen LogP contribution in [0.15, 0.2) is 11.6 Å². The minimum atomic E-state index is -0.397. The molecule has 9 atom stereocenters. The zero-order valence-corrected chi connectivity index (χ0v) is 20.4. The van der Waals surface area contributed by atoms with Crippen LogP contribution in [0.3, 0.4) is 0 Å². The number of fused-ring (bicyclic) bond motifs is 5. The molecule has 170 valence electrons. The molecule has 0 spiro atoms. The fourth-order valence-electron chi connectivity index (χ4n) is 8.64. The predicted octanol–water partition coefficient (Wildman–Crippen LogP) is 6.81. The van der Waals surface area contributed by atoms with Gasteiger partial charge in [-0.05, 0) is 102 Å². The SMILES string of the molecule is CC(C)[C@H](C)CC[C@@H](C)[C@H]1CC[C@H]2[C@@H]3C[C@@H](O)C4=CC(=O)CC[C@]4(C)[C@H]3CC[C@]12C. The van der Waals surface area contributed by atoms with Gasteiger partial charge in [0, 0.05) is 6.42 Å². The summed E-state index contributed by atoms with van der Waals surface area (Å²) < 4.78 is 0. The van der Waals surface area contributed by atoms with E-state index in [-0.39, 0.29) is 11.2 Å². The first-order valence-corrected chi connectivity index (χ1v) is 13.0. The van der Waals surface area contributed by atoms with Gasteiger partial charge in [0.1, 0.15) is 0 Å². The van der Waals surface area contributed by atoms with Gasteiger partial charge in [-0.2, -0.15) is 0 Å². The molecule has 3 fully saturated rings. The first-order valence-electron chi connectivity index (χ1n) is 13.0. The summed E-state index contributed by atoms with van der Waals surface area (Å²) in [7, 11) is 0. The van der Waals surface area contributed by atoms with Gasteiger partial charge in [-0.15, -0.1) is 0 Å². The number of ketones is 1. The summed E-state index contributed by atoms with van der Waals surface area (Å²) in [5, 5.41) is 11.1. The van der Waals surface area contributed by atoms with E-state index in [0.717, 1.165) is 48.0 Å². The summed E-state index contributed by atoms with van der Waals surface area (Å²) in [6, 6.07) is 0. The van der Waals surface area contributed by atoms with Crippen LogP contribution < -0.4 is 0 Å². The summed E-state index contributed by atoms with van der Waals surface area (Å²) in [6.07, 6.45) is 12.1. The second kappa shape index (κ2) is 8.05. The highest BCUT2D eigenvalue weighted by atomic mass is 16.3. The number of hydrogen-bond acceptors (Lipinski definition) is 2.